The van der Waals surface area contributed by atoms with Crippen molar-refractivity contribution in [1.82, 2.24) is 9.88 Å². The predicted octanol–water partition coefficient (Wildman–Crippen LogP) is 2.91. The van der Waals surface area contributed by atoms with E-state index in [2.05, 4.69) is 4.98 Å². The van der Waals surface area contributed by atoms with E-state index in [4.69, 9.17) is 18.9 Å². The second-order valence-corrected chi connectivity index (χ2v) is 6.51. The van der Waals surface area contributed by atoms with Crippen LogP contribution in [-0.2, 0) is 6.54 Å². The van der Waals surface area contributed by atoms with Crippen LogP contribution in [-0.4, -0.2) is 56.2 Å². The largest absolute Gasteiger partial charge is 0.496 e. The van der Waals surface area contributed by atoms with Gasteiger partial charge in [-0.05, 0) is 13.8 Å². The Kier molecular flexibility index (Phi) is 7.04. The standard InChI is InChI=1S/C20H25N3O7/c1-11-9-21-14(12(2)17(11)28-5)10-22(3)20(24)13-8-15(27-4)18(29-6)19(30-7)16(13)23(25)26/h8-9H,10H2,1-7H3. The van der Waals surface area contributed by atoms with E-state index in [0.29, 0.717) is 11.4 Å². The summed E-state index contributed by atoms with van der Waals surface area (Å²) in [6.45, 7) is 3.83. The molecule has 1 heterocycles. The highest BCUT2D eigenvalue weighted by atomic mass is 16.6. The molecule has 0 atom stereocenters. The number of carbonyl (C=O) groups is 1. The minimum atomic E-state index is -0.680. The maximum Gasteiger partial charge on any atom is 0.327 e. The third-order valence-corrected chi connectivity index (χ3v) is 4.70. The zero-order valence-electron chi connectivity index (χ0n) is 18.1. The van der Waals surface area contributed by atoms with Crippen molar-refractivity contribution in [3.8, 4) is 23.0 Å². The molecule has 0 aliphatic carbocycles. The Morgan fingerprint density at radius 2 is 1.67 bits per heavy atom. The molecule has 1 aromatic heterocycles. The average molecular weight is 419 g/mol. The molecule has 0 spiro atoms. The summed E-state index contributed by atoms with van der Waals surface area (Å²) >= 11 is 0. The van der Waals surface area contributed by atoms with Crippen LogP contribution in [0.2, 0.25) is 0 Å². The second kappa shape index (κ2) is 9.29. The smallest absolute Gasteiger partial charge is 0.327 e. The van der Waals surface area contributed by atoms with Crippen LogP contribution in [0.3, 0.4) is 0 Å². The van der Waals surface area contributed by atoms with E-state index < -0.39 is 16.5 Å². The number of pyridine rings is 1. The average Bonchev–Trinajstić information content (AvgIpc) is 2.73. The Hall–Kier alpha value is -3.56. The fraction of sp³-hybridized carbons (Fsp3) is 0.400. The molecule has 2 rings (SSSR count). The predicted molar refractivity (Wildman–Crippen MR) is 109 cm³/mol. The number of ether oxygens (including phenoxy) is 4. The molecule has 10 heteroatoms. The van der Waals surface area contributed by atoms with Crippen LogP contribution < -0.4 is 18.9 Å². The van der Waals surface area contributed by atoms with Crippen LogP contribution in [0, 0.1) is 24.0 Å². The van der Waals surface area contributed by atoms with Crippen molar-refractivity contribution < 1.29 is 28.7 Å². The Labute approximate surface area is 174 Å². The van der Waals surface area contributed by atoms with Crippen LogP contribution in [0.4, 0.5) is 5.69 Å². The van der Waals surface area contributed by atoms with E-state index in [0.717, 1.165) is 11.1 Å². The number of amides is 1. The van der Waals surface area contributed by atoms with Crippen molar-refractivity contribution in [3.05, 3.63) is 44.8 Å². The number of methoxy groups -OCH3 is 4. The molecule has 1 aromatic carbocycles. The molecule has 0 radical (unpaired) electrons. The van der Waals surface area contributed by atoms with Gasteiger partial charge in [0, 0.05) is 30.4 Å². The normalized spacial score (nSPS) is 10.4. The van der Waals surface area contributed by atoms with Gasteiger partial charge in [-0.25, -0.2) is 0 Å². The zero-order chi connectivity index (χ0) is 22.6. The maximum atomic E-state index is 13.2. The number of aromatic nitrogens is 1. The monoisotopic (exact) mass is 419 g/mol. The van der Waals surface area contributed by atoms with Crippen molar-refractivity contribution in [2.45, 2.75) is 20.4 Å². The number of nitrogens with zero attached hydrogens (tertiary/aromatic N) is 3. The number of aryl methyl sites for hydroxylation is 1. The highest BCUT2D eigenvalue weighted by Gasteiger charge is 2.33. The summed E-state index contributed by atoms with van der Waals surface area (Å²) in [5, 5.41) is 11.8. The molecule has 0 unspecified atom stereocenters. The molecule has 0 saturated carbocycles. The first-order valence-corrected chi connectivity index (χ1v) is 8.93. The maximum absolute atomic E-state index is 13.2. The summed E-state index contributed by atoms with van der Waals surface area (Å²) in [6.07, 6.45) is 1.65. The van der Waals surface area contributed by atoms with Gasteiger partial charge in [-0.15, -0.1) is 0 Å². The summed E-state index contributed by atoms with van der Waals surface area (Å²) in [5.41, 5.74) is 1.58. The fourth-order valence-electron chi connectivity index (χ4n) is 3.22. The summed E-state index contributed by atoms with van der Waals surface area (Å²) in [4.78, 5) is 29.9. The molecule has 30 heavy (non-hydrogen) atoms. The van der Waals surface area contributed by atoms with E-state index in [1.165, 1.54) is 39.3 Å². The third kappa shape index (κ3) is 4.07. The van der Waals surface area contributed by atoms with E-state index in [-0.39, 0.29) is 29.4 Å². The molecule has 0 aliphatic rings. The molecule has 0 bridgehead atoms. The van der Waals surface area contributed by atoms with Gasteiger partial charge in [-0.3, -0.25) is 19.9 Å². The quantitative estimate of drug-likeness (QED) is 0.474. The van der Waals surface area contributed by atoms with Gasteiger partial charge in [0.05, 0.1) is 45.6 Å². The van der Waals surface area contributed by atoms with Crippen LogP contribution >= 0.6 is 0 Å². The van der Waals surface area contributed by atoms with Gasteiger partial charge in [-0.1, -0.05) is 0 Å². The summed E-state index contributed by atoms with van der Waals surface area (Å²) < 4.78 is 21.0. The number of benzene rings is 1. The summed E-state index contributed by atoms with van der Waals surface area (Å²) in [7, 11) is 7.05. The fourth-order valence-corrected chi connectivity index (χ4v) is 3.22. The first-order valence-electron chi connectivity index (χ1n) is 8.93. The molecule has 0 N–H and O–H groups in total. The molecule has 0 fully saturated rings. The summed E-state index contributed by atoms with van der Waals surface area (Å²) in [5.74, 6) is 0.0703. The SMILES string of the molecule is COc1cc(C(=O)N(C)Cc2ncc(C)c(OC)c2C)c([N+](=O)[O-])c(OC)c1OC. The Morgan fingerprint density at radius 1 is 1.07 bits per heavy atom. The topological polar surface area (TPSA) is 113 Å². The zero-order valence-corrected chi connectivity index (χ0v) is 18.1. The second-order valence-electron chi connectivity index (χ2n) is 6.51. The first-order chi connectivity index (χ1) is 14.2. The van der Waals surface area contributed by atoms with Gasteiger partial charge in [0.1, 0.15) is 11.3 Å². The van der Waals surface area contributed by atoms with Crippen molar-refractivity contribution in [1.29, 1.82) is 0 Å². The van der Waals surface area contributed by atoms with E-state index >= 15 is 0 Å². The van der Waals surface area contributed by atoms with Crippen molar-refractivity contribution >= 4 is 11.6 Å². The van der Waals surface area contributed by atoms with Crippen molar-refractivity contribution in [2.24, 2.45) is 0 Å². The van der Waals surface area contributed by atoms with Gasteiger partial charge in [0.15, 0.2) is 5.75 Å². The van der Waals surface area contributed by atoms with E-state index in [1.807, 2.05) is 13.8 Å². The van der Waals surface area contributed by atoms with E-state index in [9.17, 15) is 14.9 Å². The van der Waals surface area contributed by atoms with E-state index in [1.54, 1.807) is 13.3 Å². The molecule has 2 aromatic rings. The lowest BCUT2D eigenvalue weighted by molar-refractivity contribution is -0.386. The lowest BCUT2D eigenvalue weighted by atomic mass is 10.1. The van der Waals surface area contributed by atoms with Gasteiger partial charge >= 0.3 is 5.69 Å². The highest BCUT2D eigenvalue weighted by Crippen LogP contribution is 2.46. The Morgan fingerprint density at radius 3 is 2.17 bits per heavy atom. The number of rotatable bonds is 8. The lowest BCUT2D eigenvalue weighted by Gasteiger charge is -2.21. The van der Waals surface area contributed by atoms with Crippen LogP contribution in [0.1, 0.15) is 27.2 Å². The molecule has 162 valence electrons. The number of nitro groups is 1. The molecule has 1 amide bonds. The van der Waals surface area contributed by atoms with Gasteiger partial charge in [-0.2, -0.15) is 0 Å². The number of hydrogen-bond acceptors (Lipinski definition) is 8. The summed E-state index contributed by atoms with van der Waals surface area (Å²) in [6, 6.07) is 1.27. The highest BCUT2D eigenvalue weighted by molar-refractivity contribution is 6.00. The lowest BCUT2D eigenvalue weighted by Crippen LogP contribution is -2.28. The van der Waals surface area contributed by atoms with Gasteiger partial charge < -0.3 is 23.8 Å². The van der Waals surface area contributed by atoms with Crippen LogP contribution in [0.15, 0.2) is 12.3 Å². The molecule has 10 nitrogen and oxygen atoms in total. The van der Waals surface area contributed by atoms with Crippen LogP contribution in [0.25, 0.3) is 0 Å². The molecular formula is C20H25N3O7. The number of hydrogen-bond donors (Lipinski definition) is 0. The molecule has 0 aliphatic heterocycles. The molecular weight excluding hydrogens is 394 g/mol. The minimum Gasteiger partial charge on any atom is -0.496 e. The third-order valence-electron chi connectivity index (χ3n) is 4.70. The number of nitro benzene ring substituents is 1. The van der Waals surface area contributed by atoms with Gasteiger partial charge in [0.2, 0.25) is 11.5 Å². The van der Waals surface area contributed by atoms with Crippen molar-refractivity contribution in [3.63, 3.8) is 0 Å². The minimum absolute atomic E-state index is 0.0340. The van der Waals surface area contributed by atoms with Gasteiger partial charge in [0.25, 0.3) is 5.91 Å². The first kappa shape index (κ1) is 22.7. The molecule has 0 saturated heterocycles. The number of carbonyl (C=O) groups excluding carboxylic acids is 1. The van der Waals surface area contributed by atoms with Crippen LogP contribution in [0.5, 0.6) is 23.0 Å². The Balaban J connectivity index is 2.53. The van der Waals surface area contributed by atoms with Crippen molar-refractivity contribution in [2.75, 3.05) is 35.5 Å². The Bertz CT molecular complexity index is 976.